The Kier molecular flexibility index (Phi) is 7.39. The van der Waals surface area contributed by atoms with Gasteiger partial charge in [-0.05, 0) is 43.5 Å². The van der Waals surface area contributed by atoms with Crippen molar-refractivity contribution in [3.8, 4) is 22.6 Å². The monoisotopic (exact) mass is 623 g/mol. The first-order valence-corrected chi connectivity index (χ1v) is 14.5. The van der Waals surface area contributed by atoms with Gasteiger partial charge in [0, 0.05) is 53.9 Å². The second-order valence-corrected chi connectivity index (χ2v) is 11.8. The number of aromatic nitrogens is 3. The Labute approximate surface area is 256 Å². The molecule has 0 bridgehead atoms. The Morgan fingerprint density at radius 2 is 1.93 bits per heavy atom. The Bertz CT molecular complexity index is 1940. The highest BCUT2D eigenvalue weighted by Gasteiger charge is 2.35. The fraction of sp³-hybridized carbons (Fsp3) is 0.312. The van der Waals surface area contributed by atoms with Crippen molar-refractivity contribution in [2.45, 2.75) is 46.3 Å². The minimum atomic E-state index is -1.07. The lowest BCUT2D eigenvalue weighted by atomic mass is 9.94. The van der Waals surface area contributed by atoms with E-state index >= 15 is 4.39 Å². The number of carbonyl (C=O) groups is 1. The minimum absolute atomic E-state index is 0.0329. The van der Waals surface area contributed by atoms with Crippen molar-refractivity contribution in [2.24, 2.45) is 0 Å². The van der Waals surface area contributed by atoms with Crippen molar-refractivity contribution in [3.63, 3.8) is 0 Å². The van der Waals surface area contributed by atoms with Crippen molar-refractivity contribution in [3.05, 3.63) is 86.8 Å². The molecule has 1 saturated heterocycles. The van der Waals surface area contributed by atoms with Gasteiger partial charge >= 0.3 is 5.69 Å². The number of fused-ring (bicyclic) bond motifs is 5. The number of pyridine rings is 1. The summed E-state index contributed by atoms with van der Waals surface area (Å²) in [5.41, 5.74) is 2.00. The van der Waals surface area contributed by atoms with Gasteiger partial charge < -0.3 is 14.5 Å². The zero-order chi connectivity index (χ0) is 31.6. The summed E-state index contributed by atoms with van der Waals surface area (Å²) in [4.78, 5) is 38.8. The molecule has 4 heterocycles. The van der Waals surface area contributed by atoms with Crippen molar-refractivity contribution in [1.29, 1.82) is 0 Å². The third-order valence-electron chi connectivity index (χ3n) is 8.21. The van der Waals surface area contributed by atoms with E-state index < -0.39 is 29.1 Å². The van der Waals surface area contributed by atoms with Crippen LogP contribution in [0, 0.1) is 18.6 Å². The molecule has 2 aromatic carbocycles. The molecule has 0 N–H and O–H groups in total. The Morgan fingerprint density at radius 3 is 2.61 bits per heavy atom. The summed E-state index contributed by atoms with van der Waals surface area (Å²) in [6.45, 7) is 11.1. The largest absolute Gasteiger partial charge is 0.486 e. The number of carbonyl (C=O) groups excluding carboxylic acids is 1. The molecule has 0 aliphatic carbocycles. The molecule has 1 amide bonds. The van der Waals surface area contributed by atoms with Crippen LogP contribution in [0.2, 0.25) is 5.02 Å². The van der Waals surface area contributed by atoms with Crippen LogP contribution in [0.15, 0.2) is 47.7 Å². The maximum absolute atomic E-state index is 15.4. The van der Waals surface area contributed by atoms with Crippen LogP contribution >= 0.6 is 11.6 Å². The molecule has 0 saturated carbocycles. The van der Waals surface area contributed by atoms with Gasteiger partial charge in [-0.25, -0.2) is 18.0 Å². The molecule has 0 radical (unpaired) electrons. The zero-order valence-electron chi connectivity index (χ0n) is 24.5. The molecule has 2 aliphatic rings. The summed E-state index contributed by atoms with van der Waals surface area (Å²) in [5, 5.41) is 0.501. The number of piperazine rings is 1. The number of hydrogen-bond acceptors (Lipinski definition) is 6. The van der Waals surface area contributed by atoms with Crippen LogP contribution < -0.4 is 15.3 Å². The number of benzene rings is 2. The third-order valence-corrected chi connectivity index (χ3v) is 8.51. The molecule has 6 rings (SSSR count). The van der Waals surface area contributed by atoms with Gasteiger partial charge in [0.25, 0.3) is 5.91 Å². The summed E-state index contributed by atoms with van der Waals surface area (Å²) in [5.74, 6) is -3.66. The number of rotatable bonds is 4. The first-order valence-electron chi connectivity index (χ1n) is 14.2. The molecule has 2 aromatic heterocycles. The molecule has 4 aromatic rings. The summed E-state index contributed by atoms with van der Waals surface area (Å²) >= 11 is 6.85. The maximum Gasteiger partial charge on any atom is 0.354 e. The third kappa shape index (κ3) is 4.61. The lowest BCUT2D eigenvalue weighted by Crippen LogP contribution is -2.54. The summed E-state index contributed by atoms with van der Waals surface area (Å²) in [7, 11) is 0. The van der Waals surface area contributed by atoms with Crippen molar-refractivity contribution >= 4 is 34.2 Å². The van der Waals surface area contributed by atoms with Gasteiger partial charge in [-0.1, -0.05) is 38.1 Å². The van der Waals surface area contributed by atoms with Gasteiger partial charge in [0.2, 0.25) is 0 Å². The highest BCUT2D eigenvalue weighted by atomic mass is 35.5. The number of anilines is 1. The van der Waals surface area contributed by atoms with E-state index in [0.717, 1.165) is 11.6 Å². The predicted octanol–water partition coefficient (Wildman–Crippen LogP) is 6.22. The van der Waals surface area contributed by atoms with Crippen LogP contribution in [0.5, 0.6) is 5.75 Å². The van der Waals surface area contributed by atoms with Gasteiger partial charge in [0.1, 0.15) is 17.9 Å². The average molecular weight is 624 g/mol. The van der Waals surface area contributed by atoms with Crippen molar-refractivity contribution in [1.82, 2.24) is 19.4 Å². The van der Waals surface area contributed by atoms with Crippen LogP contribution in [0.25, 0.3) is 27.7 Å². The number of amides is 1. The Hall–Kier alpha value is -4.38. The van der Waals surface area contributed by atoms with E-state index in [2.05, 4.69) is 16.5 Å². The van der Waals surface area contributed by atoms with E-state index in [1.54, 1.807) is 18.3 Å². The second-order valence-electron chi connectivity index (χ2n) is 11.4. The molecule has 1 atom stereocenters. The summed E-state index contributed by atoms with van der Waals surface area (Å²) in [6.07, 6.45) is 1.66. The normalized spacial score (nSPS) is 16.2. The van der Waals surface area contributed by atoms with Gasteiger partial charge in [-0.2, -0.15) is 4.98 Å². The van der Waals surface area contributed by atoms with Crippen LogP contribution in [-0.2, 0) is 11.4 Å². The van der Waals surface area contributed by atoms with Crippen LogP contribution in [-0.4, -0.2) is 51.0 Å². The summed E-state index contributed by atoms with van der Waals surface area (Å²) in [6, 6.07) is 5.45. The van der Waals surface area contributed by atoms with E-state index in [0.29, 0.717) is 22.3 Å². The highest BCUT2D eigenvalue weighted by Crippen LogP contribution is 2.49. The van der Waals surface area contributed by atoms with E-state index in [-0.39, 0.29) is 71.4 Å². The molecular formula is C32H29ClF3N5O3. The molecule has 0 unspecified atom stereocenters. The number of ether oxygens (including phenoxy) is 1. The van der Waals surface area contributed by atoms with Gasteiger partial charge in [0.15, 0.2) is 23.2 Å². The first kappa shape index (κ1) is 29.7. The molecule has 8 nitrogen and oxygen atoms in total. The van der Waals surface area contributed by atoms with E-state index in [1.165, 1.54) is 15.5 Å². The molecule has 12 heteroatoms. The number of hydrogen-bond donors (Lipinski definition) is 0. The molecule has 228 valence electrons. The zero-order valence-corrected chi connectivity index (χ0v) is 25.3. The average Bonchev–Trinajstić information content (AvgIpc) is 2.98. The van der Waals surface area contributed by atoms with Gasteiger partial charge in [-0.3, -0.25) is 14.3 Å². The minimum Gasteiger partial charge on any atom is -0.486 e. The first-order chi connectivity index (χ1) is 20.9. The molecule has 2 aliphatic heterocycles. The van der Waals surface area contributed by atoms with Crippen LogP contribution in [0.4, 0.5) is 19.0 Å². The van der Waals surface area contributed by atoms with Crippen molar-refractivity contribution in [2.75, 3.05) is 24.5 Å². The second kappa shape index (κ2) is 11.0. The number of halogens is 4. The van der Waals surface area contributed by atoms with Gasteiger partial charge in [-0.15, -0.1) is 0 Å². The van der Waals surface area contributed by atoms with Gasteiger partial charge in [0.05, 0.1) is 16.4 Å². The van der Waals surface area contributed by atoms with Crippen LogP contribution in [0.3, 0.4) is 0 Å². The van der Waals surface area contributed by atoms with Crippen molar-refractivity contribution < 1.29 is 22.7 Å². The quantitative estimate of drug-likeness (QED) is 0.251. The highest BCUT2D eigenvalue weighted by molar-refractivity contribution is 6.35. The van der Waals surface area contributed by atoms with E-state index in [9.17, 15) is 18.4 Å². The van der Waals surface area contributed by atoms with E-state index in [4.69, 9.17) is 16.3 Å². The summed E-state index contributed by atoms with van der Waals surface area (Å²) < 4.78 is 51.2. The SMILES string of the molecule is C=C(F)C(=O)N1CCN(c2nc(=O)n(-c3c(C)ccnc3C(C)C)c3c4c(c(Cl)cc23)-c2c(ccc(F)c2F)CO4)[C@@H](C)C1. The number of aryl methyl sites for hydroxylation is 1. The smallest absolute Gasteiger partial charge is 0.354 e. The van der Waals surface area contributed by atoms with Crippen LogP contribution in [0.1, 0.15) is 43.5 Å². The maximum atomic E-state index is 15.4. The molecule has 44 heavy (non-hydrogen) atoms. The number of nitrogens with zero attached hydrogens (tertiary/aromatic N) is 5. The Balaban J connectivity index is 1.69. The predicted molar refractivity (Wildman–Crippen MR) is 162 cm³/mol. The fourth-order valence-electron chi connectivity index (χ4n) is 6.15. The molecule has 0 spiro atoms. The topological polar surface area (TPSA) is 80.6 Å². The molecular weight excluding hydrogens is 595 g/mol. The lowest BCUT2D eigenvalue weighted by molar-refractivity contribution is -0.129. The van der Waals surface area contributed by atoms with E-state index in [1.807, 2.05) is 32.6 Å². The molecule has 1 fully saturated rings. The standard InChI is InChI=1S/C32H29ClF3N5O3/c1-15(2)26-27(16(3)8-9-37-26)41-28-20(12-21(33)24-23-19(14-44-29(24)28)6-7-22(35)25(23)36)30(38-32(41)43)40-11-10-39(13-17(40)4)31(42)18(5)34/h6-9,12,15,17H,5,10-11,13-14H2,1-4H3/t17-/m0/s1. The fourth-order valence-corrected chi connectivity index (χ4v) is 6.44. The Morgan fingerprint density at radius 1 is 1.18 bits per heavy atom. The lowest BCUT2D eigenvalue weighted by Gasteiger charge is -2.40.